The number of anilines is 1. The Hall–Kier alpha value is -2.00. The van der Waals surface area contributed by atoms with E-state index in [0.717, 1.165) is 18.4 Å². The Kier molecular flexibility index (Phi) is 6.01. The molecule has 2 aromatic carbocycles. The molecule has 156 valence electrons. The summed E-state index contributed by atoms with van der Waals surface area (Å²) in [5.41, 5.74) is 0.293. The molecule has 1 amide bonds. The minimum Gasteiger partial charge on any atom is -0.307 e. The number of carbonyl (C=O) groups excluding carboxylic acids is 1. The van der Waals surface area contributed by atoms with Crippen LogP contribution in [-0.4, -0.2) is 32.4 Å². The highest BCUT2D eigenvalue weighted by Crippen LogP contribution is 2.41. The molecule has 1 atom stereocenters. The van der Waals surface area contributed by atoms with Crippen LogP contribution < -0.4 is 4.90 Å². The normalized spacial score (nSPS) is 17.6. The molecule has 0 aliphatic carbocycles. The maximum atomic E-state index is 13.2. The second-order valence-electron chi connectivity index (χ2n) is 7.12. The molecule has 0 fully saturated rings. The maximum Gasteiger partial charge on any atom is 0.416 e. The third-order valence-electron chi connectivity index (χ3n) is 4.54. The Morgan fingerprint density at radius 2 is 1.83 bits per heavy atom. The van der Waals surface area contributed by atoms with Gasteiger partial charge in [-0.05, 0) is 42.3 Å². The molecule has 0 unspecified atom stereocenters. The zero-order valence-corrected chi connectivity index (χ0v) is 17.5. The second-order valence-corrected chi connectivity index (χ2v) is 10.7. The van der Waals surface area contributed by atoms with Gasteiger partial charge in [-0.3, -0.25) is 4.79 Å². The van der Waals surface area contributed by atoms with Crippen molar-refractivity contribution in [3.8, 4) is 0 Å². The van der Waals surface area contributed by atoms with Gasteiger partial charge in [0.15, 0.2) is 9.84 Å². The molecule has 0 N–H and O–H groups in total. The standard InChI is InChI=1S/C20H20F3NO3S2/c1-13-9-10-24(17-11-16(20(21,22)23)7-8-18(17)28-13)19(25)15-5-3-14(4-6-15)12-29(2,26)27/h3-8,11,13H,9-10,12H2,1-2H3/t13-/m0/s1. The van der Waals surface area contributed by atoms with E-state index >= 15 is 0 Å². The fourth-order valence-corrected chi connectivity index (χ4v) is 5.02. The van der Waals surface area contributed by atoms with E-state index in [-0.39, 0.29) is 16.7 Å². The molecular weight excluding hydrogens is 423 g/mol. The Labute approximate surface area is 172 Å². The number of hydrogen-bond donors (Lipinski definition) is 0. The van der Waals surface area contributed by atoms with Gasteiger partial charge in [-0.15, -0.1) is 11.8 Å². The van der Waals surface area contributed by atoms with Crippen LogP contribution in [0.4, 0.5) is 18.9 Å². The first-order chi connectivity index (χ1) is 13.4. The van der Waals surface area contributed by atoms with E-state index in [4.69, 9.17) is 0 Å². The van der Waals surface area contributed by atoms with Gasteiger partial charge in [0.05, 0.1) is 17.0 Å². The molecule has 0 spiro atoms. The Morgan fingerprint density at radius 3 is 2.41 bits per heavy atom. The lowest BCUT2D eigenvalue weighted by Crippen LogP contribution is -2.32. The first kappa shape index (κ1) is 21.7. The summed E-state index contributed by atoms with van der Waals surface area (Å²) >= 11 is 1.45. The number of fused-ring (bicyclic) bond motifs is 1. The molecule has 29 heavy (non-hydrogen) atoms. The van der Waals surface area contributed by atoms with Gasteiger partial charge in [0.1, 0.15) is 0 Å². The molecular formula is C20H20F3NO3S2. The van der Waals surface area contributed by atoms with Crippen molar-refractivity contribution in [2.45, 2.75) is 35.4 Å². The van der Waals surface area contributed by atoms with E-state index in [1.165, 1.54) is 34.9 Å². The molecule has 0 radical (unpaired) electrons. The number of thioether (sulfide) groups is 1. The van der Waals surface area contributed by atoms with Gasteiger partial charge < -0.3 is 4.90 Å². The summed E-state index contributed by atoms with van der Waals surface area (Å²) in [6.45, 7) is 2.27. The highest BCUT2D eigenvalue weighted by Gasteiger charge is 2.33. The summed E-state index contributed by atoms with van der Waals surface area (Å²) in [5.74, 6) is -0.553. The highest BCUT2D eigenvalue weighted by atomic mass is 32.2. The average molecular weight is 444 g/mol. The van der Waals surface area contributed by atoms with E-state index in [1.807, 2.05) is 6.92 Å². The lowest BCUT2D eigenvalue weighted by molar-refractivity contribution is -0.137. The van der Waals surface area contributed by atoms with Gasteiger partial charge in [0.2, 0.25) is 0 Å². The van der Waals surface area contributed by atoms with Crippen molar-refractivity contribution >= 4 is 33.2 Å². The van der Waals surface area contributed by atoms with Crippen molar-refractivity contribution in [2.75, 3.05) is 17.7 Å². The number of nitrogens with zero attached hydrogens (tertiary/aromatic N) is 1. The minimum atomic E-state index is -4.50. The molecule has 0 aromatic heterocycles. The van der Waals surface area contributed by atoms with Crippen LogP contribution >= 0.6 is 11.8 Å². The number of hydrogen-bond acceptors (Lipinski definition) is 4. The zero-order chi connectivity index (χ0) is 21.4. The average Bonchev–Trinajstić information content (AvgIpc) is 2.77. The van der Waals surface area contributed by atoms with Crippen LogP contribution in [0.5, 0.6) is 0 Å². The summed E-state index contributed by atoms with van der Waals surface area (Å²) in [6.07, 6.45) is -2.74. The third kappa shape index (κ3) is 5.33. The lowest BCUT2D eigenvalue weighted by atomic mass is 10.1. The molecule has 9 heteroatoms. The van der Waals surface area contributed by atoms with Crippen molar-refractivity contribution in [2.24, 2.45) is 0 Å². The fourth-order valence-electron chi connectivity index (χ4n) is 3.12. The van der Waals surface area contributed by atoms with Gasteiger partial charge >= 0.3 is 6.18 Å². The van der Waals surface area contributed by atoms with Crippen molar-refractivity contribution in [1.82, 2.24) is 0 Å². The summed E-state index contributed by atoms with van der Waals surface area (Å²) in [4.78, 5) is 15.1. The summed E-state index contributed by atoms with van der Waals surface area (Å²) < 4.78 is 62.5. The molecule has 4 nitrogen and oxygen atoms in total. The van der Waals surface area contributed by atoms with Crippen LogP contribution in [-0.2, 0) is 21.8 Å². The van der Waals surface area contributed by atoms with Gasteiger partial charge in [0, 0.05) is 28.5 Å². The van der Waals surface area contributed by atoms with Crippen LogP contribution in [0.15, 0.2) is 47.4 Å². The maximum absolute atomic E-state index is 13.2. The number of alkyl halides is 3. The van der Waals surface area contributed by atoms with Crippen LogP contribution in [0.2, 0.25) is 0 Å². The topological polar surface area (TPSA) is 54.5 Å². The first-order valence-corrected chi connectivity index (χ1v) is 11.8. The van der Waals surface area contributed by atoms with Crippen LogP contribution in [0.1, 0.15) is 34.8 Å². The quantitative estimate of drug-likeness (QED) is 0.685. The van der Waals surface area contributed by atoms with E-state index < -0.39 is 27.5 Å². The lowest BCUT2D eigenvalue weighted by Gasteiger charge is -2.24. The van der Waals surface area contributed by atoms with Crippen molar-refractivity contribution in [1.29, 1.82) is 0 Å². The predicted molar refractivity (Wildman–Crippen MR) is 108 cm³/mol. The Bertz CT molecular complexity index is 1020. The third-order valence-corrected chi connectivity index (χ3v) is 6.63. The summed E-state index contributed by atoms with van der Waals surface area (Å²) in [6, 6.07) is 9.60. The Balaban J connectivity index is 1.96. The largest absolute Gasteiger partial charge is 0.416 e. The van der Waals surface area contributed by atoms with Crippen molar-refractivity contribution in [3.63, 3.8) is 0 Å². The van der Waals surface area contributed by atoms with Gasteiger partial charge in [-0.25, -0.2) is 8.42 Å². The molecule has 0 bridgehead atoms. The molecule has 0 saturated carbocycles. The first-order valence-electron chi connectivity index (χ1n) is 8.90. The van der Waals surface area contributed by atoms with Crippen LogP contribution in [0.25, 0.3) is 0 Å². The number of benzene rings is 2. The van der Waals surface area contributed by atoms with Crippen molar-refractivity contribution < 1.29 is 26.4 Å². The van der Waals surface area contributed by atoms with Gasteiger partial charge in [-0.1, -0.05) is 19.1 Å². The van der Waals surface area contributed by atoms with E-state index in [9.17, 15) is 26.4 Å². The van der Waals surface area contributed by atoms with E-state index in [1.54, 1.807) is 12.1 Å². The minimum absolute atomic E-state index is 0.142. The molecule has 0 saturated heterocycles. The molecule has 1 aliphatic rings. The highest BCUT2D eigenvalue weighted by molar-refractivity contribution is 8.00. The van der Waals surface area contributed by atoms with Crippen LogP contribution in [0, 0.1) is 0 Å². The fraction of sp³-hybridized carbons (Fsp3) is 0.350. The second kappa shape index (κ2) is 8.02. The van der Waals surface area contributed by atoms with E-state index in [0.29, 0.717) is 29.0 Å². The molecule has 3 rings (SSSR count). The van der Waals surface area contributed by atoms with E-state index in [2.05, 4.69) is 0 Å². The van der Waals surface area contributed by atoms with Crippen LogP contribution in [0.3, 0.4) is 0 Å². The summed E-state index contributed by atoms with van der Waals surface area (Å²) in [7, 11) is -3.21. The van der Waals surface area contributed by atoms with Crippen molar-refractivity contribution in [3.05, 3.63) is 59.2 Å². The molecule has 1 aliphatic heterocycles. The SMILES string of the molecule is C[C@H]1CCN(C(=O)c2ccc(CS(C)(=O)=O)cc2)c2cc(C(F)(F)F)ccc2S1. The smallest absolute Gasteiger partial charge is 0.307 e. The number of rotatable bonds is 3. The number of amides is 1. The Morgan fingerprint density at radius 1 is 1.17 bits per heavy atom. The zero-order valence-electron chi connectivity index (χ0n) is 15.9. The number of halogens is 3. The number of sulfone groups is 1. The predicted octanol–water partition coefficient (Wildman–Crippen LogP) is 4.78. The number of carbonyl (C=O) groups is 1. The monoisotopic (exact) mass is 443 g/mol. The van der Waals surface area contributed by atoms with Gasteiger partial charge in [0.25, 0.3) is 5.91 Å². The van der Waals surface area contributed by atoms with Gasteiger partial charge in [-0.2, -0.15) is 13.2 Å². The molecule has 1 heterocycles. The molecule has 2 aromatic rings. The summed E-state index contributed by atoms with van der Waals surface area (Å²) in [5, 5.41) is 0.153.